The van der Waals surface area contributed by atoms with Gasteiger partial charge in [-0.1, -0.05) is 33.6 Å². The van der Waals surface area contributed by atoms with Crippen molar-refractivity contribution >= 4 is 0 Å². The Morgan fingerprint density at radius 2 is 1.55 bits per heavy atom. The Balaban J connectivity index is 1.97. The summed E-state index contributed by atoms with van der Waals surface area (Å²) in [6.07, 6.45) is 9.63. The van der Waals surface area contributed by atoms with Crippen LogP contribution in [0.1, 0.15) is 72.1 Å². The minimum Gasteiger partial charge on any atom is -0.392 e. The Morgan fingerprint density at radius 1 is 1.00 bits per heavy atom. The first-order valence-corrected chi connectivity index (χ1v) is 8.86. The van der Waals surface area contributed by atoms with E-state index in [9.17, 15) is 5.11 Å². The molecule has 20 heavy (non-hydrogen) atoms. The molecular weight excluding hydrogens is 246 g/mol. The molecule has 0 aromatic heterocycles. The van der Waals surface area contributed by atoms with Crippen molar-refractivity contribution in [3.63, 3.8) is 0 Å². The van der Waals surface area contributed by atoms with E-state index in [0.29, 0.717) is 12.5 Å². The maximum atomic E-state index is 11.0. The first-order valence-electron chi connectivity index (χ1n) is 8.86. The van der Waals surface area contributed by atoms with Crippen molar-refractivity contribution in [2.75, 3.05) is 6.54 Å². The summed E-state index contributed by atoms with van der Waals surface area (Å²) in [6, 6.07) is 0. The number of aliphatic hydroxyl groups is 1. The van der Waals surface area contributed by atoms with Crippen LogP contribution in [0.15, 0.2) is 0 Å². The Bertz CT molecular complexity index is 286. The molecule has 2 saturated carbocycles. The van der Waals surface area contributed by atoms with Crippen molar-refractivity contribution in [3.05, 3.63) is 0 Å². The van der Waals surface area contributed by atoms with Gasteiger partial charge in [-0.25, -0.2) is 0 Å². The molecule has 2 rings (SSSR count). The fourth-order valence-corrected chi connectivity index (χ4v) is 4.60. The number of rotatable bonds is 4. The molecule has 2 aliphatic rings. The van der Waals surface area contributed by atoms with E-state index in [1.165, 1.54) is 38.5 Å². The summed E-state index contributed by atoms with van der Waals surface area (Å²) in [5.41, 5.74) is 6.16. The fraction of sp³-hybridized carbons (Fsp3) is 1.00. The lowest BCUT2D eigenvalue weighted by molar-refractivity contribution is -0.0591. The molecule has 0 heterocycles. The first-order chi connectivity index (χ1) is 9.48. The van der Waals surface area contributed by atoms with Gasteiger partial charge in [0.1, 0.15) is 0 Å². The number of hydrogen-bond acceptors (Lipinski definition) is 2. The molecule has 0 aliphatic heterocycles. The molecule has 0 aromatic carbocycles. The van der Waals surface area contributed by atoms with Gasteiger partial charge in [0.05, 0.1) is 6.10 Å². The first kappa shape index (κ1) is 16.3. The van der Waals surface area contributed by atoms with E-state index in [-0.39, 0.29) is 11.5 Å². The molecule has 0 spiro atoms. The third kappa shape index (κ3) is 3.39. The van der Waals surface area contributed by atoms with Crippen molar-refractivity contribution < 1.29 is 5.11 Å². The van der Waals surface area contributed by atoms with Crippen LogP contribution < -0.4 is 5.73 Å². The van der Waals surface area contributed by atoms with Crippen LogP contribution in [0.4, 0.5) is 0 Å². The zero-order valence-electron chi connectivity index (χ0n) is 13.8. The van der Waals surface area contributed by atoms with Gasteiger partial charge >= 0.3 is 0 Å². The lowest BCUT2D eigenvalue weighted by Gasteiger charge is -2.47. The molecule has 2 aliphatic carbocycles. The lowest BCUT2D eigenvalue weighted by atomic mass is 9.61. The van der Waals surface area contributed by atoms with Gasteiger partial charge in [-0.3, -0.25) is 0 Å². The predicted octanol–water partition coefficient (Wildman–Crippen LogP) is 3.96. The largest absolute Gasteiger partial charge is 0.392 e. The highest BCUT2D eigenvalue weighted by Gasteiger charge is 2.44. The molecule has 118 valence electrons. The molecule has 0 saturated heterocycles. The van der Waals surface area contributed by atoms with E-state index in [1.807, 2.05) is 0 Å². The molecule has 2 fully saturated rings. The van der Waals surface area contributed by atoms with Gasteiger partial charge in [0.15, 0.2) is 0 Å². The molecule has 0 amide bonds. The summed E-state index contributed by atoms with van der Waals surface area (Å²) in [5.74, 6) is 2.97. The minimum atomic E-state index is -0.159. The third-order valence-corrected chi connectivity index (χ3v) is 6.51. The van der Waals surface area contributed by atoms with E-state index < -0.39 is 0 Å². The van der Waals surface area contributed by atoms with E-state index in [0.717, 1.165) is 30.6 Å². The maximum absolute atomic E-state index is 11.0. The Kier molecular flexibility index (Phi) is 5.53. The summed E-state index contributed by atoms with van der Waals surface area (Å²) in [4.78, 5) is 0. The molecule has 0 aromatic rings. The van der Waals surface area contributed by atoms with Crippen molar-refractivity contribution in [2.24, 2.45) is 34.8 Å². The van der Waals surface area contributed by atoms with Gasteiger partial charge in [-0.15, -0.1) is 0 Å². The molecule has 1 unspecified atom stereocenters. The van der Waals surface area contributed by atoms with E-state index in [4.69, 9.17) is 5.73 Å². The highest BCUT2D eigenvalue weighted by atomic mass is 16.3. The van der Waals surface area contributed by atoms with Crippen LogP contribution in [0.2, 0.25) is 0 Å². The molecule has 3 N–H and O–H groups in total. The van der Waals surface area contributed by atoms with Gasteiger partial charge in [0.25, 0.3) is 0 Å². The third-order valence-electron chi connectivity index (χ3n) is 6.51. The highest BCUT2D eigenvalue weighted by molar-refractivity contribution is 4.96. The molecule has 0 radical (unpaired) electrons. The van der Waals surface area contributed by atoms with Gasteiger partial charge in [0.2, 0.25) is 0 Å². The van der Waals surface area contributed by atoms with E-state index in [1.54, 1.807) is 0 Å². The van der Waals surface area contributed by atoms with Crippen LogP contribution in [-0.4, -0.2) is 17.8 Å². The van der Waals surface area contributed by atoms with Crippen LogP contribution in [0.25, 0.3) is 0 Å². The van der Waals surface area contributed by atoms with Crippen LogP contribution in [-0.2, 0) is 0 Å². The molecule has 1 atom stereocenters. The van der Waals surface area contributed by atoms with Gasteiger partial charge in [0, 0.05) is 12.0 Å². The normalized spacial score (nSPS) is 40.8. The van der Waals surface area contributed by atoms with Crippen molar-refractivity contribution in [1.82, 2.24) is 0 Å². The minimum absolute atomic E-state index is 0.0244. The van der Waals surface area contributed by atoms with Crippen LogP contribution in [0, 0.1) is 29.1 Å². The van der Waals surface area contributed by atoms with Crippen molar-refractivity contribution in [2.45, 2.75) is 78.2 Å². The fourth-order valence-electron chi connectivity index (χ4n) is 4.60. The Hall–Kier alpha value is -0.0800. The topological polar surface area (TPSA) is 46.2 Å². The smallest absolute Gasteiger partial charge is 0.0636 e. The second-order valence-electron chi connectivity index (χ2n) is 8.11. The van der Waals surface area contributed by atoms with Gasteiger partial charge in [-0.05, 0) is 62.2 Å². The van der Waals surface area contributed by atoms with Crippen molar-refractivity contribution in [1.29, 1.82) is 0 Å². The quantitative estimate of drug-likeness (QED) is 0.819. The van der Waals surface area contributed by atoms with Gasteiger partial charge in [-0.2, -0.15) is 0 Å². The standard InChI is InChI=1S/C18H35NO/c1-13(2)15-8-10-18(12-19,11-9-15)17(20)16-6-4-14(3)5-7-16/h13-17,20H,4-12,19H2,1-3H3. The average Bonchev–Trinajstić information content (AvgIpc) is 2.47. The summed E-state index contributed by atoms with van der Waals surface area (Å²) in [5, 5.41) is 11.0. The maximum Gasteiger partial charge on any atom is 0.0636 e. The van der Waals surface area contributed by atoms with Gasteiger partial charge < -0.3 is 10.8 Å². The predicted molar refractivity (Wildman–Crippen MR) is 85.4 cm³/mol. The van der Waals surface area contributed by atoms with Crippen LogP contribution in [0.3, 0.4) is 0 Å². The molecule has 2 heteroatoms. The number of aliphatic hydroxyl groups excluding tert-OH is 1. The summed E-state index contributed by atoms with van der Waals surface area (Å²) in [6.45, 7) is 7.68. The Labute approximate surface area is 125 Å². The van der Waals surface area contributed by atoms with Crippen LogP contribution >= 0.6 is 0 Å². The second-order valence-corrected chi connectivity index (χ2v) is 8.11. The number of hydrogen-bond donors (Lipinski definition) is 2. The summed E-state index contributed by atoms with van der Waals surface area (Å²) >= 11 is 0. The van der Waals surface area contributed by atoms with Crippen molar-refractivity contribution in [3.8, 4) is 0 Å². The summed E-state index contributed by atoms with van der Waals surface area (Å²) in [7, 11) is 0. The SMILES string of the molecule is CC1CCC(C(O)C2(CN)CCC(C(C)C)CC2)CC1. The van der Waals surface area contributed by atoms with E-state index >= 15 is 0 Å². The number of nitrogens with two attached hydrogens (primary N) is 1. The second kappa shape index (κ2) is 6.79. The van der Waals surface area contributed by atoms with E-state index in [2.05, 4.69) is 20.8 Å². The monoisotopic (exact) mass is 281 g/mol. The lowest BCUT2D eigenvalue weighted by Crippen LogP contribution is -2.49. The molecule has 2 nitrogen and oxygen atoms in total. The highest BCUT2D eigenvalue weighted by Crippen LogP contribution is 2.47. The zero-order chi connectivity index (χ0) is 14.8. The van der Waals surface area contributed by atoms with Crippen LogP contribution in [0.5, 0.6) is 0 Å². The zero-order valence-corrected chi connectivity index (χ0v) is 13.8. The average molecular weight is 281 g/mol. The Morgan fingerprint density at radius 3 is 2.00 bits per heavy atom. The molecular formula is C18H35NO. The summed E-state index contributed by atoms with van der Waals surface area (Å²) < 4.78 is 0. The molecule has 0 bridgehead atoms.